The van der Waals surface area contributed by atoms with Crippen LogP contribution in [-0.4, -0.2) is 18.4 Å². The molecule has 0 saturated heterocycles. The van der Waals surface area contributed by atoms with Gasteiger partial charge in [-0.05, 0) is 51.4 Å². The molecule has 0 aliphatic carbocycles. The maximum absolute atomic E-state index is 11.0. The first kappa shape index (κ1) is 35.5. The second-order valence-corrected chi connectivity index (χ2v) is 9.37. The van der Waals surface area contributed by atoms with Crippen molar-refractivity contribution in [1.82, 2.24) is 0 Å². The molecule has 0 radical (unpaired) electrons. The Hall–Kier alpha value is -1.64. The number of ether oxygens (including phenoxy) is 1. The summed E-state index contributed by atoms with van der Waals surface area (Å²) in [6.45, 7) is 8.04. The lowest BCUT2D eigenvalue weighted by Crippen LogP contribution is -2.15. The van der Waals surface area contributed by atoms with E-state index in [0.29, 0.717) is 0 Å². The Morgan fingerprint density at radius 1 is 0.629 bits per heavy atom. The number of aldehydes is 1. The van der Waals surface area contributed by atoms with E-state index in [2.05, 4.69) is 57.2 Å². The number of carbonyl (C=O) groups excluding carboxylic acids is 2. The minimum absolute atomic E-state index is 0.0591. The van der Waals surface area contributed by atoms with E-state index in [0.717, 1.165) is 64.1 Å². The van der Waals surface area contributed by atoms with Gasteiger partial charge in [0.2, 0.25) is 0 Å². The quantitative estimate of drug-likeness (QED) is 0.0619. The van der Waals surface area contributed by atoms with Crippen LogP contribution in [0, 0.1) is 0 Å². The summed E-state index contributed by atoms with van der Waals surface area (Å²) in [6, 6.07) is 0. The first-order valence-corrected chi connectivity index (χ1v) is 14.7. The SMILES string of the molecule is CC/C=C/CCCCCCCCCC=O.CCCC/C=C\CC/C=C\CC(CCCC)OC(C)=O. The fraction of sp³-hybridized carbons (Fsp3) is 0.750. The molecule has 0 spiro atoms. The van der Waals surface area contributed by atoms with Crippen LogP contribution < -0.4 is 0 Å². The normalized spacial score (nSPS) is 12.2. The van der Waals surface area contributed by atoms with Crippen LogP contribution in [0.15, 0.2) is 36.5 Å². The molecule has 0 aliphatic rings. The molecule has 0 amide bonds. The van der Waals surface area contributed by atoms with Gasteiger partial charge in [0.1, 0.15) is 12.4 Å². The molecule has 35 heavy (non-hydrogen) atoms. The average Bonchev–Trinajstić information content (AvgIpc) is 2.85. The van der Waals surface area contributed by atoms with Gasteiger partial charge in [0.25, 0.3) is 0 Å². The van der Waals surface area contributed by atoms with Crippen LogP contribution in [0.4, 0.5) is 0 Å². The van der Waals surface area contributed by atoms with Crippen LogP contribution in [0.1, 0.15) is 150 Å². The number of hydrogen-bond donors (Lipinski definition) is 0. The highest BCUT2D eigenvalue weighted by Gasteiger charge is 2.09. The lowest BCUT2D eigenvalue weighted by atomic mass is 10.1. The molecule has 0 fully saturated rings. The highest BCUT2D eigenvalue weighted by atomic mass is 16.5. The van der Waals surface area contributed by atoms with Crippen LogP contribution in [0.5, 0.6) is 0 Å². The van der Waals surface area contributed by atoms with Gasteiger partial charge in [0.15, 0.2) is 0 Å². The molecule has 0 heterocycles. The molecule has 0 N–H and O–H groups in total. The van der Waals surface area contributed by atoms with Crippen LogP contribution in [-0.2, 0) is 14.3 Å². The molecular formula is C32H58O3. The van der Waals surface area contributed by atoms with E-state index >= 15 is 0 Å². The fourth-order valence-electron chi connectivity index (χ4n) is 3.67. The summed E-state index contributed by atoms with van der Waals surface area (Å²) < 4.78 is 5.32. The minimum atomic E-state index is -0.168. The summed E-state index contributed by atoms with van der Waals surface area (Å²) in [5.74, 6) is -0.168. The molecule has 0 rings (SSSR count). The van der Waals surface area contributed by atoms with Crippen molar-refractivity contribution >= 4 is 12.3 Å². The number of unbranched alkanes of at least 4 members (excludes halogenated alkanes) is 12. The third kappa shape index (κ3) is 34.6. The van der Waals surface area contributed by atoms with Gasteiger partial charge >= 0.3 is 5.97 Å². The first-order valence-electron chi connectivity index (χ1n) is 14.7. The van der Waals surface area contributed by atoms with Crippen LogP contribution in [0.3, 0.4) is 0 Å². The predicted molar refractivity (Wildman–Crippen MR) is 154 cm³/mol. The van der Waals surface area contributed by atoms with Gasteiger partial charge in [0.05, 0.1) is 0 Å². The van der Waals surface area contributed by atoms with E-state index in [4.69, 9.17) is 4.74 Å². The third-order valence-corrected chi connectivity index (χ3v) is 5.76. The van der Waals surface area contributed by atoms with Gasteiger partial charge in [0, 0.05) is 19.8 Å². The number of carbonyl (C=O) groups is 2. The van der Waals surface area contributed by atoms with E-state index in [1.165, 1.54) is 71.1 Å². The minimum Gasteiger partial charge on any atom is -0.462 e. The van der Waals surface area contributed by atoms with E-state index < -0.39 is 0 Å². The van der Waals surface area contributed by atoms with Gasteiger partial charge in [-0.2, -0.15) is 0 Å². The summed E-state index contributed by atoms with van der Waals surface area (Å²) >= 11 is 0. The largest absolute Gasteiger partial charge is 0.462 e. The van der Waals surface area contributed by atoms with Gasteiger partial charge in [-0.25, -0.2) is 0 Å². The first-order chi connectivity index (χ1) is 17.1. The number of allylic oxidation sites excluding steroid dienone is 5. The highest BCUT2D eigenvalue weighted by molar-refractivity contribution is 5.66. The topological polar surface area (TPSA) is 43.4 Å². The van der Waals surface area contributed by atoms with Crippen molar-refractivity contribution in [2.24, 2.45) is 0 Å². The Morgan fingerprint density at radius 2 is 1.14 bits per heavy atom. The Bertz CT molecular complexity index is 519. The predicted octanol–water partition coefficient (Wildman–Crippen LogP) is 10.2. The molecular weight excluding hydrogens is 432 g/mol. The summed E-state index contributed by atoms with van der Waals surface area (Å²) in [5, 5.41) is 0. The molecule has 0 aliphatic heterocycles. The van der Waals surface area contributed by atoms with E-state index in [1.807, 2.05) is 0 Å². The van der Waals surface area contributed by atoms with Crippen molar-refractivity contribution in [3.05, 3.63) is 36.5 Å². The maximum Gasteiger partial charge on any atom is 0.302 e. The molecule has 3 nitrogen and oxygen atoms in total. The van der Waals surface area contributed by atoms with E-state index in [9.17, 15) is 9.59 Å². The highest BCUT2D eigenvalue weighted by Crippen LogP contribution is 2.11. The van der Waals surface area contributed by atoms with Gasteiger partial charge in [-0.15, -0.1) is 0 Å². The lowest BCUT2D eigenvalue weighted by molar-refractivity contribution is -0.146. The molecule has 0 aromatic heterocycles. The Labute approximate surface area is 218 Å². The average molecular weight is 491 g/mol. The molecule has 0 aromatic rings. The molecule has 1 unspecified atom stereocenters. The monoisotopic (exact) mass is 490 g/mol. The van der Waals surface area contributed by atoms with E-state index in [1.54, 1.807) is 0 Å². The zero-order valence-electron chi connectivity index (χ0n) is 23.8. The van der Waals surface area contributed by atoms with Crippen molar-refractivity contribution in [3.8, 4) is 0 Å². The smallest absolute Gasteiger partial charge is 0.302 e. The summed E-state index contributed by atoms with van der Waals surface area (Å²) in [7, 11) is 0. The second kappa shape index (κ2) is 32.4. The molecule has 3 heteroatoms. The molecule has 0 saturated carbocycles. The van der Waals surface area contributed by atoms with Crippen LogP contribution >= 0.6 is 0 Å². The number of hydrogen-bond acceptors (Lipinski definition) is 3. The van der Waals surface area contributed by atoms with Crippen molar-refractivity contribution in [3.63, 3.8) is 0 Å². The van der Waals surface area contributed by atoms with Crippen molar-refractivity contribution in [2.75, 3.05) is 0 Å². The van der Waals surface area contributed by atoms with Crippen molar-refractivity contribution in [1.29, 1.82) is 0 Å². The summed E-state index contributed by atoms with van der Waals surface area (Å²) in [5.41, 5.74) is 0. The second-order valence-electron chi connectivity index (χ2n) is 9.37. The van der Waals surface area contributed by atoms with Gasteiger partial charge < -0.3 is 9.53 Å². The summed E-state index contributed by atoms with van der Waals surface area (Å²) in [4.78, 5) is 21.1. The fourth-order valence-corrected chi connectivity index (χ4v) is 3.67. The Morgan fingerprint density at radius 3 is 1.71 bits per heavy atom. The maximum atomic E-state index is 11.0. The number of rotatable bonds is 23. The van der Waals surface area contributed by atoms with E-state index in [-0.39, 0.29) is 12.1 Å². The summed E-state index contributed by atoms with van der Waals surface area (Å²) in [6.07, 6.45) is 36.7. The molecule has 204 valence electrons. The van der Waals surface area contributed by atoms with Gasteiger partial charge in [-0.1, -0.05) is 115 Å². The van der Waals surface area contributed by atoms with Crippen LogP contribution in [0.2, 0.25) is 0 Å². The molecule has 0 aromatic carbocycles. The van der Waals surface area contributed by atoms with Gasteiger partial charge in [-0.3, -0.25) is 4.79 Å². The lowest BCUT2D eigenvalue weighted by Gasteiger charge is -2.14. The van der Waals surface area contributed by atoms with Crippen molar-refractivity contribution in [2.45, 2.75) is 156 Å². The van der Waals surface area contributed by atoms with Crippen molar-refractivity contribution < 1.29 is 14.3 Å². The number of esters is 1. The molecule has 1 atom stereocenters. The standard InChI is InChI=1S/C18H32O2.C14H26O/c1-4-6-8-9-10-11-12-13-14-16-18(15-7-5-2)20-17(3)19;1-2-3-4-5-6-7-8-9-10-11-12-13-14-15/h9-10,13-14,18H,4-8,11-12,15-16H2,1-3H3;3-4,14H,2,5-13H2,1H3/b10-9-,14-13-;4-3+. The zero-order chi connectivity index (χ0) is 26.2. The zero-order valence-corrected chi connectivity index (χ0v) is 23.8. The Balaban J connectivity index is 0. The third-order valence-electron chi connectivity index (χ3n) is 5.76. The molecule has 0 bridgehead atoms. The van der Waals surface area contributed by atoms with Crippen LogP contribution in [0.25, 0.3) is 0 Å². The Kier molecular flexibility index (Phi) is 32.8.